The van der Waals surface area contributed by atoms with Gasteiger partial charge in [0.25, 0.3) is 10.0 Å². The molecule has 1 unspecified atom stereocenters. The molecule has 31 heavy (non-hydrogen) atoms. The fraction of sp³-hybridized carbons (Fsp3) is 0.400. The molecule has 1 heterocycles. The maximum absolute atomic E-state index is 13.1. The van der Waals surface area contributed by atoms with Crippen LogP contribution in [0.4, 0.5) is 0 Å². The molecule has 1 saturated carbocycles. The second kappa shape index (κ2) is 7.61. The molecule has 1 aliphatic carbocycles. The van der Waals surface area contributed by atoms with Crippen molar-refractivity contribution in [3.05, 3.63) is 77.9 Å². The molecule has 1 fully saturated rings. The summed E-state index contributed by atoms with van der Waals surface area (Å²) in [4.78, 5) is 13.1. The molecule has 2 aliphatic rings. The fourth-order valence-corrected chi connectivity index (χ4v) is 5.83. The first-order valence-corrected chi connectivity index (χ1v) is 12.0. The number of carbonyl (C=O) groups excluding carboxylic acids is 1. The summed E-state index contributed by atoms with van der Waals surface area (Å²) >= 11 is 0. The molecule has 2 aromatic rings. The van der Waals surface area contributed by atoms with Gasteiger partial charge < -0.3 is 4.74 Å². The summed E-state index contributed by atoms with van der Waals surface area (Å²) < 4.78 is 34.3. The van der Waals surface area contributed by atoms with Crippen LogP contribution in [0, 0.1) is 16.7 Å². The van der Waals surface area contributed by atoms with Crippen LogP contribution in [0.25, 0.3) is 0 Å². The van der Waals surface area contributed by atoms with Crippen molar-refractivity contribution in [2.45, 2.75) is 51.2 Å². The van der Waals surface area contributed by atoms with Crippen LogP contribution in [0.5, 0.6) is 0 Å². The molecule has 1 amide bonds. The highest BCUT2D eigenvalue weighted by atomic mass is 32.2. The van der Waals surface area contributed by atoms with E-state index in [1.165, 1.54) is 0 Å². The van der Waals surface area contributed by atoms with Crippen molar-refractivity contribution in [3.63, 3.8) is 0 Å². The van der Waals surface area contributed by atoms with Gasteiger partial charge in [0.1, 0.15) is 0 Å². The second-order valence-electron chi connectivity index (χ2n) is 9.55. The van der Waals surface area contributed by atoms with Crippen LogP contribution >= 0.6 is 0 Å². The Kier molecular flexibility index (Phi) is 5.34. The number of rotatable bonds is 5. The van der Waals surface area contributed by atoms with Crippen molar-refractivity contribution in [2.75, 3.05) is 0 Å². The number of sulfonamides is 1. The topological polar surface area (TPSA) is 72.5 Å². The number of hydrogen-bond donors (Lipinski definition) is 1. The van der Waals surface area contributed by atoms with Crippen molar-refractivity contribution in [2.24, 2.45) is 16.7 Å². The lowest BCUT2D eigenvalue weighted by Gasteiger charge is -2.30. The van der Waals surface area contributed by atoms with E-state index >= 15 is 0 Å². The van der Waals surface area contributed by atoms with Crippen molar-refractivity contribution >= 4 is 15.9 Å². The van der Waals surface area contributed by atoms with E-state index in [-0.39, 0.29) is 22.3 Å². The van der Waals surface area contributed by atoms with Gasteiger partial charge in [0, 0.05) is 6.42 Å². The molecule has 0 spiro atoms. The summed E-state index contributed by atoms with van der Waals surface area (Å²) in [5, 5.41) is 0. The minimum Gasteiger partial charge on any atom is -0.368 e. The second-order valence-corrected chi connectivity index (χ2v) is 11.2. The first-order valence-electron chi connectivity index (χ1n) is 10.6. The number of hydrogen-bond acceptors (Lipinski definition) is 4. The van der Waals surface area contributed by atoms with Gasteiger partial charge in [-0.3, -0.25) is 4.79 Å². The van der Waals surface area contributed by atoms with Crippen LogP contribution in [-0.4, -0.2) is 14.3 Å². The van der Waals surface area contributed by atoms with E-state index < -0.39 is 21.3 Å². The van der Waals surface area contributed by atoms with Crippen molar-refractivity contribution in [3.8, 4) is 0 Å². The van der Waals surface area contributed by atoms with Crippen LogP contribution in [0.15, 0.2) is 66.1 Å². The predicted molar refractivity (Wildman–Crippen MR) is 120 cm³/mol. The lowest BCUT2D eigenvalue weighted by atomic mass is 9.75. The number of nitrogens with one attached hydrogen (secondary N) is 1. The van der Waals surface area contributed by atoms with Crippen LogP contribution in [-0.2, 0) is 32.6 Å². The third-order valence-corrected chi connectivity index (χ3v) is 8.10. The molecular formula is C25H29NO4S. The number of ether oxygens (including phenoxy) is 1. The Morgan fingerprint density at radius 1 is 1.16 bits per heavy atom. The van der Waals surface area contributed by atoms with Crippen molar-refractivity contribution in [1.29, 1.82) is 0 Å². The van der Waals surface area contributed by atoms with Crippen LogP contribution in [0.1, 0.15) is 50.0 Å². The lowest BCUT2D eigenvalue weighted by molar-refractivity contribution is -0.128. The van der Waals surface area contributed by atoms with E-state index in [4.69, 9.17) is 4.74 Å². The fourth-order valence-electron chi connectivity index (χ4n) is 4.74. The highest BCUT2D eigenvalue weighted by Gasteiger charge is 2.65. The van der Waals surface area contributed by atoms with E-state index in [0.717, 1.165) is 16.7 Å². The van der Waals surface area contributed by atoms with E-state index in [0.29, 0.717) is 19.4 Å². The maximum atomic E-state index is 13.1. The van der Waals surface area contributed by atoms with Gasteiger partial charge in [-0.15, -0.1) is 6.58 Å². The zero-order valence-electron chi connectivity index (χ0n) is 18.2. The number of amides is 1. The van der Waals surface area contributed by atoms with E-state index in [1.807, 2.05) is 57.2 Å². The SMILES string of the molecule is C=C[C@@H]1C[C@@]1(C(=O)NS(=O)(=O)c1ccc2c(c1)COC(c1ccccc1)C2)C(C)(C)C. The summed E-state index contributed by atoms with van der Waals surface area (Å²) in [5.74, 6) is -0.474. The van der Waals surface area contributed by atoms with Gasteiger partial charge in [-0.1, -0.05) is 63.2 Å². The maximum Gasteiger partial charge on any atom is 0.264 e. The molecular weight excluding hydrogens is 410 g/mol. The summed E-state index contributed by atoms with van der Waals surface area (Å²) in [5.41, 5.74) is 1.88. The molecule has 1 N–H and O–H groups in total. The third kappa shape index (κ3) is 3.83. The summed E-state index contributed by atoms with van der Waals surface area (Å²) in [6.07, 6.45) is 2.99. The average Bonchev–Trinajstić information content (AvgIpc) is 3.50. The van der Waals surface area contributed by atoms with Gasteiger partial charge in [0.15, 0.2) is 0 Å². The Morgan fingerprint density at radius 3 is 2.48 bits per heavy atom. The molecule has 2 aromatic carbocycles. The quantitative estimate of drug-likeness (QED) is 0.694. The molecule has 0 aromatic heterocycles. The van der Waals surface area contributed by atoms with E-state index in [9.17, 15) is 13.2 Å². The number of benzene rings is 2. The molecule has 5 nitrogen and oxygen atoms in total. The Bertz CT molecular complexity index is 1120. The molecule has 0 radical (unpaired) electrons. The largest absolute Gasteiger partial charge is 0.368 e. The normalized spacial score (nSPS) is 25.4. The molecule has 1 aliphatic heterocycles. The molecule has 164 valence electrons. The Labute approximate surface area is 184 Å². The first-order chi connectivity index (χ1) is 14.6. The summed E-state index contributed by atoms with van der Waals surface area (Å²) in [6.45, 7) is 10.0. The van der Waals surface area contributed by atoms with Crippen LogP contribution in [0.3, 0.4) is 0 Å². The number of allylic oxidation sites excluding steroid dienone is 1. The van der Waals surface area contributed by atoms with Gasteiger partial charge in [-0.2, -0.15) is 0 Å². The molecule has 0 saturated heterocycles. The molecule has 6 heteroatoms. The minimum absolute atomic E-state index is 0.0189. The Hall–Kier alpha value is -2.44. The van der Waals surface area contributed by atoms with Gasteiger partial charge in [0.2, 0.25) is 5.91 Å². The lowest BCUT2D eigenvalue weighted by Crippen LogP contribution is -2.43. The smallest absolute Gasteiger partial charge is 0.264 e. The first kappa shape index (κ1) is 21.8. The van der Waals surface area contributed by atoms with Gasteiger partial charge in [-0.05, 0) is 46.6 Å². The monoisotopic (exact) mass is 439 g/mol. The third-order valence-electron chi connectivity index (χ3n) is 6.77. The van der Waals surface area contributed by atoms with E-state index in [2.05, 4.69) is 11.3 Å². The molecule has 3 atom stereocenters. The van der Waals surface area contributed by atoms with Gasteiger partial charge in [0.05, 0.1) is 23.0 Å². The van der Waals surface area contributed by atoms with Crippen molar-refractivity contribution < 1.29 is 17.9 Å². The molecule has 4 rings (SSSR count). The zero-order chi connectivity index (χ0) is 22.4. The Balaban J connectivity index is 1.54. The number of fused-ring (bicyclic) bond motifs is 1. The zero-order valence-corrected chi connectivity index (χ0v) is 19.0. The van der Waals surface area contributed by atoms with E-state index in [1.54, 1.807) is 18.2 Å². The highest BCUT2D eigenvalue weighted by molar-refractivity contribution is 7.90. The summed E-state index contributed by atoms with van der Waals surface area (Å²) in [6, 6.07) is 15.0. The van der Waals surface area contributed by atoms with Crippen LogP contribution < -0.4 is 4.72 Å². The van der Waals surface area contributed by atoms with Gasteiger partial charge in [-0.25, -0.2) is 13.1 Å². The average molecular weight is 440 g/mol. The minimum atomic E-state index is -3.98. The Morgan fingerprint density at radius 2 is 1.87 bits per heavy atom. The van der Waals surface area contributed by atoms with Crippen molar-refractivity contribution in [1.82, 2.24) is 4.72 Å². The van der Waals surface area contributed by atoms with Crippen LogP contribution in [0.2, 0.25) is 0 Å². The number of carbonyl (C=O) groups is 1. The molecule has 0 bridgehead atoms. The van der Waals surface area contributed by atoms with Gasteiger partial charge >= 0.3 is 0 Å². The highest BCUT2D eigenvalue weighted by Crippen LogP contribution is 2.64. The summed E-state index contributed by atoms with van der Waals surface area (Å²) in [7, 11) is -3.98. The standard InChI is InChI=1S/C25H29NO4S/c1-5-20-15-25(20,24(2,3)4)23(27)26-31(28,29)21-12-11-18-14-22(30-16-19(18)13-21)17-9-7-6-8-10-17/h5-13,20,22H,1,14-16H2,2-4H3,(H,26,27)/t20-,22?,25-/m1/s1. The predicted octanol–water partition coefficient (Wildman–Crippen LogP) is 4.54.